The first kappa shape index (κ1) is 11.7. The lowest BCUT2D eigenvalue weighted by Crippen LogP contribution is -2.19. The Labute approximate surface area is 102 Å². The van der Waals surface area contributed by atoms with Gasteiger partial charge in [0, 0.05) is 31.0 Å². The van der Waals surface area contributed by atoms with Gasteiger partial charge in [0.2, 0.25) is 0 Å². The number of nitrogens with zero attached hydrogens (tertiary/aromatic N) is 2. The summed E-state index contributed by atoms with van der Waals surface area (Å²) < 4.78 is 0. The van der Waals surface area contributed by atoms with Crippen LogP contribution >= 0.6 is 0 Å². The molecule has 3 nitrogen and oxygen atoms in total. The molecule has 2 rings (SSSR count). The summed E-state index contributed by atoms with van der Waals surface area (Å²) in [6.07, 6.45) is 5.23. The van der Waals surface area contributed by atoms with Gasteiger partial charge >= 0.3 is 0 Å². The van der Waals surface area contributed by atoms with Gasteiger partial charge in [-0.3, -0.25) is 0 Å². The molecule has 2 aromatic rings. The summed E-state index contributed by atoms with van der Waals surface area (Å²) in [5.74, 6) is 0.515. The SMILES string of the molecule is CC(CNCc1cncnc1)c1ccccc1. The van der Waals surface area contributed by atoms with Crippen molar-refractivity contribution in [2.75, 3.05) is 6.54 Å². The van der Waals surface area contributed by atoms with Gasteiger partial charge < -0.3 is 5.32 Å². The summed E-state index contributed by atoms with van der Waals surface area (Å²) in [5.41, 5.74) is 2.48. The molecule has 0 bridgehead atoms. The number of benzene rings is 1. The number of hydrogen-bond acceptors (Lipinski definition) is 3. The van der Waals surface area contributed by atoms with Crippen LogP contribution in [-0.2, 0) is 6.54 Å². The summed E-state index contributed by atoms with van der Waals surface area (Å²) in [6.45, 7) is 4.00. The van der Waals surface area contributed by atoms with Crippen LogP contribution < -0.4 is 5.32 Å². The van der Waals surface area contributed by atoms with E-state index in [1.165, 1.54) is 5.56 Å². The van der Waals surface area contributed by atoms with Gasteiger partial charge in [-0.2, -0.15) is 0 Å². The van der Waals surface area contributed by atoms with Crippen LogP contribution in [0.2, 0.25) is 0 Å². The lowest BCUT2D eigenvalue weighted by atomic mass is 10.0. The van der Waals surface area contributed by atoms with E-state index in [2.05, 4.69) is 46.5 Å². The molecule has 1 heterocycles. The minimum absolute atomic E-state index is 0.515. The molecule has 0 spiro atoms. The normalized spacial score (nSPS) is 12.3. The number of aromatic nitrogens is 2. The third kappa shape index (κ3) is 3.64. The van der Waals surface area contributed by atoms with Crippen LogP contribution in [0.15, 0.2) is 49.1 Å². The summed E-state index contributed by atoms with van der Waals surface area (Å²) in [7, 11) is 0. The molecule has 0 saturated heterocycles. The molecular formula is C14H17N3. The Bertz CT molecular complexity index is 428. The fourth-order valence-electron chi connectivity index (χ4n) is 1.75. The first-order valence-corrected chi connectivity index (χ1v) is 5.86. The molecule has 0 aliphatic rings. The van der Waals surface area contributed by atoms with Gasteiger partial charge in [-0.15, -0.1) is 0 Å². The second-order valence-electron chi connectivity index (χ2n) is 4.19. The molecule has 0 aliphatic heterocycles. The first-order chi connectivity index (χ1) is 8.36. The van der Waals surface area contributed by atoms with Crippen LogP contribution in [-0.4, -0.2) is 16.5 Å². The van der Waals surface area contributed by atoms with Crippen LogP contribution in [0.1, 0.15) is 24.0 Å². The van der Waals surface area contributed by atoms with Crippen molar-refractivity contribution >= 4 is 0 Å². The Morgan fingerprint density at radius 3 is 2.53 bits per heavy atom. The average Bonchev–Trinajstić information content (AvgIpc) is 2.41. The van der Waals surface area contributed by atoms with Crippen molar-refractivity contribution in [1.29, 1.82) is 0 Å². The fourth-order valence-corrected chi connectivity index (χ4v) is 1.75. The van der Waals surface area contributed by atoms with Gasteiger partial charge in [0.15, 0.2) is 0 Å². The second-order valence-corrected chi connectivity index (χ2v) is 4.19. The molecule has 0 fully saturated rings. The van der Waals surface area contributed by atoms with E-state index in [-0.39, 0.29) is 0 Å². The van der Waals surface area contributed by atoms with E-state index in [0.29, 0.717) is 5.92 Å². The van der Waals surface area contributed by atoms with Gasteiger partial charge in [-0.05, 0) is 11.5 Å². The maximum absolute atomic E-state index is 3.99. The second kappa shape index (κ2) is 6.11. The highest BCUT2D eigenvalue weighted by Crippen LogP contribution is 2.13. The Morgan fingerprint density at radius 2 is 1.82 bits per heavy atom. The van der Waals surface area contributed by atoms with E-state index < -0.39 is 0 Å². The maximum atomic E-state index is 3.99. The smallest absolute Gasteiger partial charge is 0.115 e. The molecule has 0 amide bonds. The standard InChI is InChI=1S/C14H17N3/c1-12(14-5-3-2-4-6-14)7-15-8-13-9-16-11-17-10-13/h2-6,9-12,15H,7-8H2,1H3. The van der Waals surface area contributed by atoms with Gasteiger partial charge in [0.25, 0.3) is 0 Å². The van der Waals surface area contributed by atoms with Gasteiger partial charge in [0.1, 0.15) is 6.33 Å². The van der Waals surface area contributed by atoms with E-state index in [1.54, 1.807) is 6.33 Å². The predicted molar refractivity (Wildman–Crippen MR) is 68.6 cm³/mol. The van der Waals surface area contributed by atoms with E-state index in [4.69, 9.17) is 0 Å². The van der Waals surface area contributed by atoms with Crippen molar-refractivity contribution in [3.8, 4) is 0 Å². The third-order valence-electron chi connectivity index (χ3n) is 2.76. The molecule has 1 aromatic carbocycles. The van der Waals surface area contributed by atoms with E-state index in [9.17, 15) is 0 Å². The Morgan fingerprint density at radius 1 is 1.12 bits per heavy atom. The molecule has 17 heavy (non-hydrogen) atoms. The van der Waals surface area contributed by atoms with Crippen LogP contribution in [0.25, 0.3) is 0 Å². The van der Waals surface area contributed by atoms with E-state index in [0.717, 1.165) is 18.7 Å². The van der Waals surface area contributed by atoms with E-state index >= 15 is 0 Å². The van der Waals surface area contributed by atoms with Crippen molar-refractivity contribution in [3.63, 3.8) is 0 Å². The molecule has 0 radical (unpaired) electrons. The van der Waals surface area contributed by atoms with Crippen LogP contribution in [0.3, 0.4) is 0 Å². The number of hydrogen-bond donors (Lipinski definition) is 1. The van der Waals surface area contributed by atoms with Crippen molar-refractivity contribution < 1.29 is 0 Å². The third-order valence-corrected chi connectivity index (χ3v) is 2.76. The predicted octanol–water partition coefficient (Wildman–Crippen LogP) is 2.37. The zero-order valence-corrected chi connectivity index (χ0v) is 10.0. The molecule has 3 heteroatoms. The molecule has 1 unspecified atom stereocenters. The quantitative estimate of drug-likeness (QED) is 0.852. The summed E-state index contributed by atoms with van der Waals surface area (Å²) >= 11 is 0. The minimum atomic E-state index is 0.515. The Hall–Kier alpha value is -1.74. The summed E-state index contributed by atoms with van der Waals surface area (Å²) in [5, 5.41) is 3.42. The fraction of sp³-hybridized carbons (Fsp3) is 0.286. The number of nitrogens with one attached hydrogen (secondary N) is 1. The largest absolute Gasteiger partial charge is 0.312 e. The minimum Gasteiger partial charge on any atom is -0.312 e. The van der Waals surface area contributed by atoms with Crippen LogP contribution in [0, 0.1) is 0 Å². The summed E-state index contributed by atoms with van der Waals surface area (Å²) in [4.78, 5) is 7.98. The van der Waals surface area contributed by atoms with E-state index in [1.807, 2.05) is 18.5 Å². The lowest BCUT2D eigenvalue weighted by Gasteiger charge is -2.12. The van der Waals surface area contributed by atoms with Crippen LogP contribution in [0.4, 0.5) is 0 Å². The molecule has 0 saturated carbocycles. The molecule has 0 aliphatic carbocycles. The lowest BCUT2D eigenvalue weighted by molar-refractivity contribution is 0.613. The van der Waals surface area contributed by atoms with Crippen molar-refractivity contribution in [3.05, 3.63) is 60.2 Å². The highest BCUT2D eigenvalue weighted by Gasteiger charge is 2.03. The average molecular weight is 227 g/mol. The monoisotopic (exact) mass is 227 g/mol. The van der Waals surface area contributed by atoms with Gasteiger partial charge in [-0.25, -0.2) is 9.97 Å². The van der Waals surface area contributed by atoms with Crippen molar-refractivity contribution in [2.24, 2.45) is 0 Å². The van der Waals surface area contributed by atoms with Gasteiger partial charge in [0.05, 0.1) is 0 Å². The molecular weight excluding hydrogens is 210 g/mol. The number of rotatable bonds is 5. The Balaban J connectivity index is 1.79. The maximum Gasteiger partial charge on any atom is 0.115 e. The first-order valence-electron chi connectivity index (χ1n) is 5.86. The highest BCUT2D eigenvalue weighted by molar-refractivity contribution is 5.19. The highest BCUT2D eigenvalue weighted by atomic mass is 14.9. The summed E-state index contributed by atoms with van der Waals surface area (Å²) in [6, 6.07) is 10.5. The molecule has 1 atom stereocenters. The zero-order valence-electron chi connectivity index (χ0n) is 10.0. The Kier molecular flexibility index (Phi) is 4.22. The van der Waals surface area contributed by atoms with Crippen molar-refractivity contribution in [1.82, 2.24) is 15.3 Å². The molecule has 1 aromatic heterocycles. The zero-order chi connectivity index (χ0) is 11.9. The molecule has 88 valence electrons. The van der Waals surface area contributed by atoms with Crippen LogP contribution in [0.5, 0.6) is 0 Å². The topological polar surface area (TPSA) is 37.8 Å². The van der Waals surface area contributed by atoms with Gasteiger partial charge in [-0.1, -0.05) is 37.3 Å². The molecule has 1 N–H and O–H groups in total. The van der Waals surface area contributed by atoms with Crippen molar-refractivity contribution in [2.45, 2.75) is 19.4 Å².